The molecule has 0 atom stereocenters. The lowest BCUT2D eigenvalue weighted by Crippen LogP contribution is -2.28. The maximum absolute atomic E-state index is 14.4. The second-order valence-corrected chi connectivity index (χ2v) is 7.09. The molecule has 0 radical (unpaired) electrons. The van der Waals surface area contributed by atoms with Gasteiger partial charge in [0, 0.05) is 0 Å². The Morgan fingerprint density at radius 3 is 2.08 bits per heavy atom. The zero-order valence-electron chi connectivity index (χ0n) is 14.6. The first-order chi connectivity index (χ1) is 10.8. The van der Waals surface area contributed by atoms with Crippen molar-refractivity contribution < 1.29 is 23.5 Å². The number of esters is 1. The third kappa shape index (κ3) is 5.54. The minimum Gasteiger partial charge on any atom is -0.456 e. The number of nitriles is 1. The predicted octanol–water partition coefficient (Wildman–Crippen LogP) is 4.00. The van der Waals surface area contributed by atoms with E-state index in [1.54, 1.807) is 47.6 Å². The highest BCUT2D eigenvalue weighted by Crippen LogP contribution is 2.24. The predicted molar refractivity (Wildman–Crippen MR) is 86.1 cm³/mol. The van der Waals surface area contributed by atoms with Gasteiger partial charge in [0.1, 0.15) is 22.8 Å². The van der Waals surface area contributed by atoms with Crippen LogP contribution in [0.15, 0.2) is 12.1 Å². The van der Waals surface area contributed by atoms with E-state index in [1.807, 2.05) is 0 Å². The number of hydrogen-bond donors (Lipinski definition) is 1. The second-order valence-electron chi connectivity index (χ2n) is 7.09. The zero-order chi connectivity index (χ0) is 18.7. The summed E-state index contributed by atoms with van der Waals surface area (Å²) in [7, 11) is 0. The molecule has 7 heteroatoms. The van der Waals surface area contributed by atoms with Crippen molar-refractivity contribution in [3.63, 3.8) is 0 Å². The van der Waals surface area contributed by atoms with E-state index in [4.69, 9.17) is 14.7 Å². The highest BCUT2D eigenvalue weighted by atomic mass is 19.1. The largest absolute Gasteiger partial charge is 0.456 e. The number of benzene rings is 1. The second kappa shape index (κ2) is 6.87. The summed E-state index contributed by atoms with van der Waals surface area (Å²) in [5, 5.41) is 11.4. The van der Waals surface area contributed by atoms with Crippen LogP contribution in [0.25, 0.3) is 0 Å². The van der Waals surface area contributed by atoms with Gasteiger partial charge in [-0.25, -0.2) is 14.0 Å². The van der Waals surface area contributed by atoms with Crippen molar-refractivity contribution in [2.45, 2.75) is 52.7 Å². The van der Waals surface area contributed by atoms with Crippen LogP contribution < -0.4 is 5.32 Å². The Morgan fingerprint density at radius 1 is 1.08 bits per heavy atom. The van der Waals surface area contributed by atoms with Crippen molar-refractivity contribution in [2.24, 2.45) is 0 Å². The number of anilines is 1. The minimum absolute atomic E-state index is 0.209. The summed E-state index contributed by atoms with van der Waals surface area (Å²) in [6, 6.07) is 4.03. The average molecular weight is 336 g/mol. The normalized spacial score (nSPS) is 11.4. The first-order valence-corrected chi connectivity index (χ1v) is 7.30. The number of nitrogens with zero attached hydrogens (tertiary/aromatic N) is 1. The number of carbonyl (C=O) groups is 2. The first kappa shape index (κ1) is 19.4. The van der Waals surface area contributed by atoms with Crippen LogP contribution in [0, 0.1) is 17.1 Å². The smallest absolute Gasteiger partial charge is 0.412 e. The summed E-state index contributed by atoms with van der Waals surface area (Å²) < 4.78 is 24.6. The highest BCUT2D eigenvalue weighted by molar-refractivity contribution is 5.94. The molecule has 0 aliphatic rings. The third-order valence-electron chi connectivity index (χ3n) is 2.51. The molecule has 0 aliphatic heterocycles. The summed E-state index contributed by atoms with van der Waals surface area (Å²) in [6.07, 6.45) is -0.865. The number of nitrogens with one attached hydrogen (secondary N) is 1. The van der Waals surface area contributed by atoms with Crippen LogP contribution in [-0.2, 0) is 9.47 Å². The molecule has 1 aromatic carbocycles. The van der Waals surface area contributed by atoms with Gasteiger partial charge in [0.15, 0.2) is 5.82 Å². The summed E-state index contributed by atoms with van der Waals surface area (Å²) in [5.41, 5.74) is -2.51. The molecule has 0 bridgehead atoms. The van der Waals surface area contributed by atoms with Gasteiger partial charge in [-0.2, -0.15) is 5.26 Å². The van der Waals surface area contributed by atoms with Gasteiger partial charge in [0.2, 0.25) is 0 Å². The third-order valence-corrected chi connectivity index (χ3v) is 2.51. The lowest BCUT2D eigenvalue weighted by molar-refractivity contribution is 0.00685. The molecule has 0 spiro atoms. The monoisotopic (exact) mass is 336 g/mol. The van der Waals surface area contributed by atoms with Gasteiger partial charge in [-0.15, -0.1) is 0 Å². The van der Waals surface area contributed by atoms with E-state index in [0.29, 0.717) is 0 Å². The van der Waals surface area contributed by atoms with E-state index in [9.17, 15) is 14.0 Å². The molecule has 0 aliphatic carbocycles. The molecule has 24 heavy (non-hydrogen) atoms. The van der Waals surface area contributed by atoms with Crippen LogP contribution in [0.5, 0.6) is 0 Å². The Morgan fingerprint density at radius 2 is 1.62 bits per heavy atom. The molecular weight excluding hydrogens is 315 g/mol. The van der Waals surface area contributed by atoms with Crippen LogP contribution >= 0.6 is 0 Å². The van der Waals surface area contributed by atoms with Crippen molar-refractivity contribution in [3.8, 4) is 6.07 Å². The van der Waals surface area contributed by atoms with E-state index in [-0.39, 0.29) is 11.3 Å². The molecule has 0 aromatic heterocycles. The Labute approximate surface area is 140 Å². The first-order valence-electron chi connectivity index (χ1n) is 7.30. The molecule has 1 aromatic rings. The van der Waals surface area contributed by atoms with Gasteiger partial charge < -0.3 is 9.47 Å². The standard InChI is InChI=1S/C17H21FN2O4/c1-16(2,3)23-14(21)10-7-8-12(13(18)11(10)9-19)20-15(22)24-17(4,5)6/h7-8H,1-6H3,(H,20,22). The van der Waals surface area contributed by atoms with Crippen molar-refractivity contribution in [2.75, 3.05) is 5.32 Å². The lowest BCUT2D eigenvalue weighted by atomic mass is 10.1. The fraction of sp³-hybridized carbons (Fsp3) is 0.471. The maximum Gasteiger partial charge on any atom is 0.412 e. The maximum atomic E-state index is 14.4. The number of hydrogen-bond acceptors (Lipinski definition) is 5. The number of carbonyl (C=O) groups excluding carboxylic acids is 2. The number of halogens is 1. The Hall–Kier alpha value is -2.62. The summed E-state index contributed by atoms with van der Waals surface area (Å²) in [5.74, 6) is -1.84. The van der Waals surface area contributed by atoms with Crippen molar-refractivity contribution in [1.82, 2.24) is 0 Å². The fourth-order valence-corrected chi connectivity index (χ4v) is 1.70. The van der Waals surface area contributed by atoms with Crippen LogP contribution in [0.1, 0.15) is 57.5 Å². The Kier molecular flexibility index (Phi) is 5.56. The molecular formula is C17H21FN2O4. The lowest BCUT2D eigenvalue weighted by Gasteiger charge is -2.21. The molecule has 1 rings (SSSR count). The Balaban J connectivity index is 3.12. The molecule has 1 amide bonds. The SMILES string of the molecule is CC(C)(C)OC(=O)Nc1ccc(C(=O)OC(C)(C)C)c(C#N)c1F. The highest BCUT2D eigenvalue weighted by Gasteiger charge is 2.25. The van der Waals surface area contributed by atoms with Gasteiger partial charge >= 0.3 is 12.1 Å². The number of ether oxygens (including phenoxy) is 2. The quantitative estimate of drug-likeness (QED) is 0.825. The number of rotatable bonds is 2. The van der Waals surface area contributed by atoms with Gasteiger partial charge in [-0.1, -0.05) is 0 Å². The topological polar surface area (TPSA) is 88.4 Å². The van der Waals surface area contributed by atoms with Gasteiger partial charge in [-0.3, -0.25) is 5.32 Å². The summed E-state index contributed by atoms with van der Waals surface area (Å²) >= 11 is 0. The Bertz CT molecular complexity index is 694. The zero-order valence-corrected chi connectivity index (χ0v) is 14.6. The molecule has 0 saturated heterocycles. The molecule has 6 nitrogen and oxygen atoms in total. The minimum atomic E-state index is -1.02. The van der Waals surface area contributed by atoms with E-state index >= 15 is 0 Å². The average Bonchev–Trinajstić information content (AvgIpc) is 2.36. The molecule has 1 N–H and O–H groups in total. The molecule has 0 saturated carbocycles. The molecule has 0 unspecified atom stereocenters. The van der Waals surface area contributed by atoms with Crippen LogP contribution in [0.4, 0.5) is 14.9 Å². The van der Waals surface area contributed by atoms with Crippen LogP contribution in [0.2, 0.25) is 0 Å². The van der Waals surface area contributed by atoms with Gasteiger partial charge in [0.05, 0.1) is 11.3 Å². The van der Waals surface area contributed by atoms with Crippen molar-refractivity contribution in [3.05, 3.63) is 29.1 Å². The van der Waals surface area contributed by atoms with Crippen LogP contribution in [-0.4, -0.2) is 23.3 Å². The van der Waals surface area contributed by atoms with E-state index < -0.39 is 34.6 Å². The van der Waals surface area contributed by atoms with Gasteiger partial charge in [0.25, 0.3) is 0 Å². The summed E-state index contributed by atoms with van der Waals surface area (Å²) in [6.45, 7) is 9.96. The van der Waals surface area contributed by atoms with E-state index in [1.165, 1.54) is 12.1 Å². The molecule has 130 valence electrons. The van der Waals surface area contributed by atoms with Gasteiger partial charge in [-0.05, 0) is 53.7 Å². The summed E-state index contributed by atoms with van der Waals surface area (Å²) in [4.78, 5) is 23.8. The van der Waals surface area contributed by atoms with Crippen molar-refractivity contribution in [1.29, 1.82) is 5.26 Å². The van der Waals surface area contributed by atoms with Crippen molar-refractivity contribution >= 4 is 17.7 Å². The molecule has 0 heterocycles. The van der Waals surface area contributed by atoms with E-state index in [2.05, 4.69) is 5.32 Å². The fourth-order valence-electron chi connectivity index (χ4n) is 1.70. The molecule has 0 fully saturated rings. The van der Waals surface area contributed by atoms with Crippen LogP contribution in [0.3, 0.4) is 0 Å². The number of amides is 1. The van der Waals surface area contributed by atoms with E-state index in [0.717, 1.165) is 0 Å².